The molecule has 0 atom stereocenters. The van der Waals surface area contributed by atoms with Gasteiger partial charge in [0.25, 0.3) is 11.1 Å². The predicted octanol–water partition coefficient (Wildman–Crippen LogP) is 2.44. The number of aryl methyl sites for hydroxylation is 2. The fourth-order valence-corrected chi connectivity index (χ4v) is 4.56. The third kappa shape index (κ3) is 7.00. The molecule has 230 valence electrons. The standard InChI is InChI=1S/C27H31N11O4S2/c1-16-22(39)37(26(43-6)32-30-16)34-24(28-3)36(19-10-14-21(42-5)15-11-19)25(29-18-8-12-20(41-4)13-9-18)35-38-23(40)17(2)31-33-27(38)44-7/h8-15H,1-7H3,(H,28,34)(H,29,35). The Bertz CT molecular complexity index is 1790. The number of benzene rings is 2. The van der Waals surface area contributed by atoms with E-state index in [0.29, 0.717) is 22.9 Å². The molecular formula is C27H31N11O4S2. The van der Waals surface area contributed by atoms with Gasteiger partial charge in [-0.05, 0) is 74.9 Å². The lowest BCUT2D eigenvalue weighted by Gasteiger charge is -2.28. The van der Waals surface area contributed by atoms with Crippen LogP contribution in [0.1, 0.15) is 11.4 Å². The Kier molecular flexibility index (Phi) is 10.6. The van der Waals surface area contributed by atoms with Crippen LogP contribution in [0.15, 0.2) is 78.6 Å². The van der Waals surface area contributed by atoms with E-state index >= 15 is 0 Å². The van der Waals surface area contributed by atoms with Crippen LogP contribution >= 0.6 is 23.5 Å². The average Bonchev–Trinajstić information content (AvgIpc) is 3.05. The first-order valence-corrected chi connectivity index (χ1v) is 15.4. The molecule has 0 amide bonds. The van der Waals surface area contributed by atoms with Crippen LogP contribution in [0.25, 0.3) is 0 Å². The van der Waals surface area contributed by atoms with Crippen LogP contribution in [0.2, 0.25) is 0 Å². The van der Waals surface area contributed by atoms with Crippen molar-refractivity contribution in [1.29, 1.82) is 0 Å². The summed E-state index contributed by atoms with van der Waals surface area (Å²) in [5.74, 6) is 1.54. The van der Waals surface area contributed by atoms with Crippen LogP contribution in [0.4, 0.5) is 11.4 Å². The number of thioether (sulfide) groups is 2. The minimum atomic E-state index is -0.467. The number of methoxy groups -OCH3 is 2. The van der Waals surface area contributed by atoms with E-state index < -0.39 is 11.1 Å². The van der Waals surface area contributed by atoms with E-state index in [1.807, 2.05) is 0 Å². The second-order valence-corrected chi connectivity index (χ2v) is 10.3. The number of rotatable bonds is 8. The molecule has 0 radical (unpaired) electrons. The Morgan fingerprint density at radius 1 is 0.750 bits per heavy atom. The maximum atomic E-state index is 13.3. The molecule has 17 heteroatoms. The van der Waals surface area contributed by atoms with Crippen LogP contribution in [0.3, 0.4) is 0 Å². The first-order chi connectivity index (χ1) is 21.2. The van der Waals surface area contributed by atoms with Gasteiger partial charge >= 0.3 is 0 Å². The fraction of sp³-hybridized carbons (Fsp3) is 0.259. The molecule has 0 bridgehead atoms. The molecule has 0 spiro atoms. The number of hydrogen-bond donors (Lipinski definition) is 2. The minimum Gasteiger partial charge on any atom is -0.497 e. The zero-order chi connectivity index (χ0) is 31.8. The highest BCUT2D eigenvalue weighted by Crippen LogP contribution is 2.23. The summed E-state index contributed by atoms with van der Waals surface area (Å²) in [4.78, 5) is 28.1. The Labute approximate surface area is 261 Å². The summed E-state index contributed by atoms with van der Waals surface area (Å²) in [5, 5.41) is 32.5. The zero-order valence-corrected chi connectivity index (χ0v) is 26.7. The van der Waals surface area contributed by atoms with E-state index in [0.717, 1.165) is 9.35 Å². The van der Waals surface area contributed by atoms with Crippen molar-refractivity contribution in [3.8, 4) is 11.5 Å². The van der Waals surface area contributed by atoms with Gasteiger partial charge in [-0.3, -0.25) is 9.59 Å². The average molecular weight is 638 g/mol. The van der Waals surface area contributed by atoms with Gasteiger partial charge in [0.15, 0.2) is 0 Å². The topological polar surface area (TPSA) is 166 Å². The van der Waals surface area contributed by atoms with Crippen LogP contribution in [0, 0.1) is 13.8 Å². The Balaban J connectivity index is 2.05. The Morgan fingerprint density at radius 2 is 1.20 bits per heavy atom. The number of nitrogens with zero attached hydrogens (tertiary/aromatic N) is 9. The molecule has 0 aliphatic carbocycles. The summed E-state index contributed by atoms with van der Waals surface area (Å²) in [7, 11) is 4.78. The fourth-order valence-electron chi connectivity index (χ4n) is 3.72. The SMILES string of the molecule is CN/C(=N/n1c(SC)nnc(C)c1=O)N(/C(=N\n1c(SC)nnc(C)c1=O)Nc1ccc(OC)cc1)c1ccc(OC)cc1. The van der Waals surface area contributed by atoms with Crippen LogP contribution < -0.4 is 36.1 Å². The van der Waals surface area contributed by atoms with Crippen molar-refractivity contribution >= 4 is 46.8 Å². The molecule has 15 nitrogen and oxygen atoms in total. The lowest BCUT2D eigenvalue weighted by Crippen LogP contribution is -2.48. The van der Waals surface area contributed by atoms with Gasteiger partial charge in [-0.2, -0.15) is 9.35 Å². The maximum Gasteiger partial charge on any atom is 0.296 e. The van der Waals surface area contributed by atoms with Crippen LogP contribution in [-0.2, 0) is 0 Å². The van der Waals surface area contributed by atoms with E-state index in [2.05, 4.69) is 36.1 Å². The molecule has 44 heavy (non-hydrogen) atoms. The van der Waals surface area contributed by atoms with Gasteiger partial charge in [0, 0.05) is 12.7 Å². The van der Waals surface area contributed by atoms with Crippen LogP contribution in [-0.4, -0.2) is 75.4 Å². The minimum absolute atomic E-state index is 0.121. The van der Waals surface area contributed by atoms with Gasteiger partial charge in [0.2, 0.25) is 22.2 Å². The van der Waals surface area contributed by atoms with Gasteiger partial charge in [0.05, 0.1) is 19.9 Å². The van der Waals surface area contributed by atoms with Crippen molar-refractivity contribution < 1.29 is 9.47 Å². The second kappa shape index (κ2) is 14.5. The molecule has 0 unspecified atom stereocenters. The highest BCUT2D eigenvalue weighted by atomic mass is 32.2. The molecule has 2 aromatic heterocycles. The van der Waals surface area contributed by atoms with E-state index in [-0.39, 0.29) is 33.6 Å². The first kappa shape index (κ1) is 32.0. The maximum absolute atomic E-state index is 13.3. The molecule has 2 aromatic carbocycles. The van der Waals surface area contributed by atoms with E-state index in [9.17, 15) is 9.59 Å². The lowest BCUT2D eigenvalue weighted by molar-refractivity contribution is 0.415. The zero-order valence-electron chi connectivity index (χ0n) is 25.1. The van der Waals surface area contributed by atoms with E-state index in [4.69, 9.17) is 14.6 Å². The summed E-state index contributed by atoms with van der Waals surface area (Å²) in [5.41, 5.74) is 0.559. The molecule has 4 aromatic rings. The highest BCUT2D eigenvalue weighted by Gasteiger charge is 2.24. The molecule has 0 saturated heterocycles. The van der Waals surface area contributed by atoms with Crippen molar-refractivity contribution in [3.63, 3.8) is 0 Å². The lowest BCUT2D eigenvalue weighted by atomic mass is 10.2. The largest absolute Gasteiger partial charge is 0.497 e. The third-order valence-corrected chi connectivity index (χ3v) is 7.26. The predicted molar refractivity (Wildman–Crippen MR) is 172 cm³/mol. The van der Waals surface area contributed by atoms with Gasteiger partial charge < -0.3 is 20.1 Å². The first-order valence-electron chi connectivity index (χ1n) is 13.0. The van der Waals surface area contributed by atoms with Crippen molar-refractivity contribution in [2.24, 2.45) is 10.2 Å². The number of hydrogen-bond acceptors (Lipinski definition) is 12. The van der Waals surface area contributed by atoms with Crippen LogP contribution in [0.5, 0.6) is 11.5 Å². The molecule has 0 aliphatic heterocycles. The van der Waals surface area contributed by atoms with Crippen molar-refractivity contribution in [1.82, 2.24) is 35.1 Å². The number of anilines is 2. The summed E-state index contributed by atoms with van der Waals surface area (Å²) < 4.78 is 13.0. The smallest absolute Gasteiger partial charge is 0.296 e. The molecule has 0 saturated carbocycles. The quantitative estimate of drug-likeness (QED) is 0.164. The summed E-state index contributed by atoms with van der Waals surface area (Å²) in [6.07, 6.45) is 3.52. The molecule has 2 heterocycles. The molecule has 4 rings (SSSR count). The summed E-state index contributed by atoms with van der Waals surface area (Å²) in [6.45, 7) is 3.11. The molecular weight excluding hydrogens is 607 g/mol. The van der Waals surface area contributed by atoms with Crippen molar-refractivity contribution in [2.45, 2.75) is 24.2 Å². The molecule has 2 N–H and O–H groups in total. The third-order valence-electron chi connectivity index (χ3n) is 6.02. The van der Waals surface area contributed by atoms with E-state index in [1.54, 1.807) is 101 Å². The van der Waals surface area contributed by atoms with Crippen molar-refractivity contribution in [2.75, 3.05) is 44.0 Å². The number of ether oxygens (including phenoxy) is 2. The second-order valence-electron chi connectivity index (χ2n) is 8.76. The number of guanidine groups is 2. The monoisotopic (exact) mass is 637 g/mol. The molecule has 0 aliphatic rings. The summed E-state index contributed by atoms with van der Waals surface area (Å²) in [6, 6.07) is 14.2. The Morgan fingerprint density at radius 3 is 1.64 bits per heavy atom. The van der Waals surface area contributed by atoms with E-state index in [1.165, 1.54) is 23.5 Å². The number of nitrogens with one attached hydrogen (secondary N) is 2. The van der Waals surface area contributed by atoms with Gasteiger partial charge in [-0.15, -0.1) is 30.6 Å². The highest BCUT2D eigenvalue weighted by molar-refractivity contribution is 7.98. The Hall–Kier alpha value is -4.90. The normalized spacial score (nSPS) is 11.7. The van der Waals surface area contributed by atoms with Crippen molar-refractivity contribution in [3.05, 3.63) is 80.6 Å². The van der Waals surface area contributed by atoms with Gasteiger partial charge in [-0.1, -0.05) is 23.5 Å². The molecule has 0 fully saturated rings. The van der Waals surface area contributed by atoms with Gasteiger partial charge in [0.1, 0.15) is 22.9 Å². The van der Waals surface area contributed by atoms with Gasteiger partial charge in [-0.25, -0.2) is 4.90 Å². The summed E-state index contributed by atoms with van der Waals surface area (Å²) >= 11 is 2.41. The number of aromatic nitrogens is 6.